The van der Waals surface area contributed by atoms with Crippen molar-refractivity contribution in [2.75, 3.05) is 12.4 Å². The molecule has 0 aliphatic rings. The molecule has 5 heteroatoms. The van der Waals surface area contributed by atoms with Crippen LogP contribution in [0.25, 0.3) is 0 Å². The van der Waals surface area contributed by atoms with Crippen molar-refractivity contribution in [1.29, 1.82) is 0 Å². The van der Waals surface area contributed by atoms with Crippen LogP contribution in [0.5, 0.6) is 0 Å². The molecule has 1 aromatic heterocycles. The van der Waals surface area contributed by atoms with Gasteiger partial charge in [0, 0.05) is 19.2 Å². The van der Waals surface area contributed by atoms with E-state index in [0.717, 1.165) is 5.82 Å². The highest BCUT2D eigenvalue weighted by Crippen LogP contribution is 2.12. The van der Waals surface area contributed by atoms with Crippen LogP contribution in [-0.2, 0) is 11.3 Å². The molecule has 0 spiro atoms. The predicted octanol–water partition coefficient (Wildman–Crippen LogP) is 2.10. The van der Waals surface area contributed by atoms with Gasteiger partial charge in [-0.3, -0.25) is 0 Å². The number of ether oxygens (including phenoxy) is 1. The van der Waals surface area contributed by atoms with Crippen molar-refractivity contribution in [3.63, 3.8) is 0 Å². The van der Waals surface area contributed by atoms with Gasteiger partial charge in [0.1, 0.15) is 17.6 Å². The first-order chi connectivity index (χ1) is 6.61. The van der Waals surface area contributed by atoms with Crippen LogP contribution in [0.4, 0.5) is 5.82 Å². The molecule has 0 aliphatic carbocycles. The summed E-state index contributed by atoms with van der Waals surface area (Å²) >= 11 is 5.82. The number of methoxy groups -OCH3 is 1. The summed E-state index contributed by atoms with van der Waals surface area (Å²) < 4.78 is 4.93. The Morgan fingerprint density at radius 2 is 2.21 bits per heavy atom. The summed E-state index contributed by atoms with van der Waals surface area (Å²) in [6.07, 6.45) is 0. The fourth-order valence-electron chi connectivity index (χ4n) is 1.03. The van der Waals surface area contributed by atoms with Crippen LogP contribution in [0.1, 0.15) is 19.7 Å². The fraction of sp³-hybridized carbons (Fsp3) is 0.556. The standard InChI is InChI=1S/C9H14ClN3O/c1-6(2)11-8-4-7(10)12-9(13-8)5-14-3/h4,6H,5H2,1-3H3,(H,11,12,13). The molecule has 1 rings (SSSR count). The van der Waals surface area contributed by atoms with Crippen LogP contribution < -0.4 is 5.32 Å². The average molecular weight is 216 g/mol. The van der Waals surface area contributed by atoms with E-state index in [4.69, 9.17) is 16.3 Å². The Hall–Kier alpha value is -0.870. The molecule has 0 saturated carbocycles. The summed E-state index contributed by atoms with van der Waals surface area (Å²) in [4.78, 5) is 8.25. The first-order valence-electron chi connectivity index (χ1n) is 4.40. The number of halogens is 1. The van der Waals surface area contributed by atoms with E-state index in [1.807, 2.05) is 13.8 Å². The summed E-state index contributed by atoms with van der Waals surface area (Å²) in [6.45, 7) is 4.44. The van der Waals surface area contributed by atoms with Crippen molar-refractivity contribution in [2.45, 2.75) is 26.5 Å². The molecule has 0 aliphatic heterocycles. The second kappa shape index (κ2) is 5.12. The number of hydrogen-bond acceptors (Lipinski definition) is 4. The van der Waals surface area contributed by atoms with Crippen LogP contribution in [-0.4, -0.2) is 23.1 Å². The zero-order chi connectivity index (χ0) is 10.6. The molecule has 0 amide bonds. The van der Waals surface area contributed by atoms with Crippen LogP contribution in [0.2, 0.25) is 5.15 Å². The van der Waals surface area contributed by atoms with Crippen molar-refractivity contribution in [1.82, 2.24) is 9.97 Å². The summed E-state index contributed by atoms with van der Waals surface area (Å²) in [7, 11) is 1.60. The lowest BCUT2D eigenvalue weighted by molar-refractivity contribution is 0.178. The molecule has 14 heavy (non-hydrogen) atoms. The van der Waals surface area contributed by atoms with E-state index >= 15 is 0 Å². The fourth-order valence-corrected chi connectivity index (χ4v) is 1.23. The van der Waals surface area contributed by atoms with E-state index in [-0.39, 0.29) is 0 Å². The van der Waals surface area contributed by atoms with Crippen molar-refractivity contribution in [3.05, 3.63) is 17.0 Å². The van der Waals surface area contributed by atoms with Gasteiger partial charge in [-0.15, -0.1) is 0 Å². The molecule has 1 aromatic rings. The van der Waals surface area contributed by atoms with Crippen LogP contribution in [0, 0.1) is 0 Å². The van der Waals surface area contributed by atoms with Gasteiger partial charge in [0.2, 0.25) is 0 Å². The summed E-state index contributed by atoms with van der Waals surface area (Å²) in [5.41, 5.74) is 0. The Kier molecular flexibility index (Phi) is 4.10. The highest BCUT2D eigenvalue weighted by molar-refractivity contribution is 6.29. The minimum atomic E-state index is 0.316. The number of hydrogen-bond donors (Lipinski definition) is 1. The van der Waals surface area contributed by atoms with Gasteiger partial charge in [-0.25, -0.2) is 9.97 Å². The highest BCUT2D eigenvalue weighted by Gasteiger charge is 2.03. The third-order valence-corrected chi connectivity index (χ3v) is 1.64. The van der Waals surface area contributed by atoms with Crippen LogP contribution >= 0.6 is 11.6 Å². The Morgan fingerprint density at radius 1 is 1.50 bits per heavy atom. The Bertz CT molecular complexity index is 304. The normalized spacial score (nSPS) is 10.6. The Labute approximate surface area is 88.7 Å². The second-order valence-corrected chi connectivity index (χ2v) is 3.61. The SMILES string of the molecule is COCc1nc(Cl)cc(NC(C)C)n1. The van der Waals surface area contributed by atoms with Gasteiger partial charge in [0.15, 0.2) is 5.82 Å². The number of nitrogens with one attached hydrogen (secondary N) is 1. The van der Waals surface area contributed by atoms with E-state index in [9.17, 15) is 0 Å². The molecular formula is C9H14ClN3O. The maximum atomic E-state index is 5.82. The minimum Gasteiger partial charge on any atom is -0.377 e. The summed E-state index contributed by atoms with van der Waals surface area (Å²) in [5.74, 6) is 1.32. The van der Waals surface area contributed by atoms with Gasteiger partial charge in [-0.2, -0.15) is 0 Å². The van der Waals surface area contributed by atoms with E-state index in [1.165, 1.54) is 0 Å². The van der Waals surface area contributed by atoms with E-state index < -0.39 is 0 Å². The monoisotopic (exact) mass is 215 g/mol. The molecular weight excluding hydrogens is 202 g/mol. The molecule has 0 aromatic carbocycles. The van der Waals surface area contributed by atoms with Gasteiger partial charge in [0.25, 0.3) is 0 Å². The predicted molar refractivity (Wildman–Crippen MR) is 56.5 cm³/mol. The van der Waals surface area contributed by atoms with Gasteiger partial charge < -0.3 is 10.1 Å². The lowest BCUT2D eigenvalue weighted by atomic mass is 10.4. The smallest absolute Gasteiger partial charge is 0.158 e. The number of nitrogens with zero attached hydrogens (tertiary/aromatic N) is 2. The first kappa shape index (κ1) is 11.2. The largest absolute Gasteiger partial charge is 0.377 e. The van der Waals surface area contributed by atoms with E-state index in [1.54, 1.807) is 13.2 Å². The number of anilines is 1. The van der Waals surface area contributed by atoms with Gasteiger partial charge in [-0.1, -0.05) is 11.6 Å². The van der Waals surface area contributed by atoms with Gasteiger partial charge >= 0.3 is 0 Å². The third kappa shape index (κ3) is 3.47. The zero-order valence-electron chi connectivity index (χ0n) is 8.54. The topological polar surface area (TPSA) is 47.0 Å². The van der Waals surface area contributed by atoms with Crippen LogP contribution in [0.3, 0.4) is 0 Å². The third-order valence-electron chi connectivity index (χ3n) is 1.45. The van der Waals surface area contributed by atoms with Gasteiger partial charge in [0.05, 0.1) is 0 Å². The van der Waals surface area contributed by atoms with Crippen LogP contribution in [0.15, 0.2) is 6.07 Å². The Balaban J connectivity index is 2.83. The second-order valence-electron chi connectivity index (χ2n) is 3.22. The molecule has 78 valence electrons. The molecule has 0 fully saturated rings. The van der Waals surface area contributed by atoms with Gasteiger partial charge in [-0.05, 0) is 13.8 Å². The molecule has 0 radical (unpaired) electrons. The molecule has 1 heterocycles. The van der Waals surface area contributed by atoms with Crippen molar-refractivity contribution < 1.29 is 4.74 Å². The average Bonchev–Trinajstić information content (AvgIpc) is 2.01. The zero-order valence-corrected chi connectivity index (χ0v) is 9.30. The summed E-state index contributed by atoms with van der Waals surface area (Å²) in [6, 6.07) is 2.01. The molecule has 0 saturated heterocycles. The van der Waals surface area contributed by atoms with Crippen molar-refractivity contribution >= 4 is 17.4 Å². The number of aromatic nitrogens is 2. The lowest BCUT2D eigenvalue weighted by Gasteiger charge is -2.10. The van der Waals surface area contributed by atoms with Crippen molar-refractivity contribution in [2.24, 2.45) is 0 Å². The maximum absolute atomic E-state index is 5.82. The molecule has 0 bridgehead atoms. The van der Waals surface area contributed by atoms with E-state index in [0.29, 0.717) is 23.6 Å². The molecule has 4 nitrogen and oxygen atoms in total. The minimum absolute atomic E-state index is 0.316. The van der Waals surface area contributed by atoms with Crippen molar-refractivity contribution in [3.8, 4) is 0 Å². The first-order valence-corrected chi connectivity index (χ1v) is 4.78. The highest BCUT2D eigenvalue weighted by atomic mass is 35.5. The van der Waals surface area contributed by atoms with E-state index in [2.05, 4.69) is 15.3 Å². The Morgan fingerprint density at radius 3 is 2.79 bits per heavy atom. The quantitative estimate of drug-likeness (QED) is 0.782. The maximum Gasteiger partial charge on any atom is 0.158 e. The molecule has 1 N–H and O–H groups in total. The lowest BCUT2D eigenvalue weighted by Crippen LogP contribution is -2.12. The summed E-state index contributed by atoms with van der Waals surface area (Å²) in [5, 5.41) is 3.58. The molecule has 0 atom stereocenters. The molecule has 0 unspecified atom stereocenters. The number of rotatable bonds is 4.